The summed E-state index contributed by atoms with van der Waals surface area (Å²) >= 11 is 0. The second-order valence-electron chi connectivity index (χ2n) is 4.68. The molecule has 21 heavy (non-hydrogen) atoms. The molecule has 1 N–H and O–H groups in total. The Morgan fingerprint density at radius 2 is 1.57 bits per heavy atom. The van der Waals surface area contributed by atoms with Crippen LogP contribution in [-0.4, -0.2) is 5.91 Å². The van der Waals surface area contributed by atoms with E-state index in [9.17, 15) is 18.0 Å². The average Bonchev–Trinajstić information content (AvgIpc) is 2.42. The standard InChI is InChI=1S/C16H14F3NO/c17-13-3-1-2-11(6-13)4-5-16(21)20-10-12-7-14(18)9-15(19)8-12/h1-3,6-9H,4-5,10H2,(H,20,21). The highest BCUT2D eigenvalue weighted by Crippen LogP contribution is 2.08. The minimum absolute atomic E-state index is 0.0522. The fourth-order valence-corrected chi connectivity index (χ4v) is 1.95. The Kier molecular flexibility index (Phi) is 4.98. The molecule has 2 aromatic carbocycles. The number of nitrogens with one attached hydrogen (secondary N) is 1. The van der Waals surface area contributed by atoms with Crippen molar-refractivity contribution in [1.29, 1.82) is 0 Å². The number of benzene rings is 2. The number of aryl methyl sites for hydroxylation is 1. The Hall–Kier alpha value is -2.30. The molecule has 0 heterocycles. The topological polar surface area (TPSA) is 29.1 Å². The zero-order valence-corrected chi connectivity index (χ0v) is 11.2. The maximum atomic E-state index is 13.0. The largest absolute Gasteiger partial charge is 0.352 e. The van der Waals surface area contributed by atoms with E-state index in [1.165, 1.54) is 12.1 Å². The lowest BCUT2D eigenvalue weighted by Gasteiger charge is -2.06. The van der Waals surface area contributed by atoms with Crippen molar-refractivity contribution in [2.24, 2.45) is 0 Å². The van der Waals surface area contributed by atoms with E-state index in [0.29, 0.717) is 12.0 Å². The van der Waals surface area contributed by atoms with Crippen molar-refractivity contribution < 1.29 is 18.0 Å². The minimum atomic E-state index is -0.681. The number of carbonyl (C=O) groups excluding carboxylic acids is 1. The molecule has 0 saturated heterocycles. The molecule has 0 aliphatic rings. The molecule has 0 bridgehead atoms. The van der Waals surface area contributed by atoms with E-state index in [4.69, 9.17) is 0 Å². The molecule has 110 valence electrons. The fraction of sp³-hybridized carbons (Fsp3) is 0.188. The van der Waals surface area contributed by atoms with Gasteiger partial charge in [0.2, 0.25) is 5.91 Å². The average molecular weight is 293 g/mol. The Morgan fingerprint density at radius 1 is 0.905 bits per heavy atom. The van der Waals surface area contributed by atoms with Crippen LogP contribution in [-0.2, 0) is 17.8 Å². The van der Waals surface area contributed by atoms with Crippen LogP contribution in [0.25, 0.3) is 0 Å². The number of rotatable bonds is 5. The van der Waals surface area contributed by atoms with Crippen molar-refractivity contribution in [2.45, 2.75) is 19.4 Å². The lowest BCUT2D eigenvalue weighted by atomic mass is 10.1. The molecule has 5 heteroatoms. The van der Waals surface area contributed by atoms with Crippen LogP contribution in [0.15, 0.2) is 42.5 Å². The number of halogens is 3. The SMILES string of the molecule is O=C(CCc1cccc(F)c1)NCc1cc(F)cc(F)c1. The molecular weight excluding hydrogens is 279 g/mol. The third-order valence-electron chi connectivity index (χ3n) is 2.94. The maximum absolute atomic E-state index is 13.0. The molecule has 0 aromatic heterocycles. The van der Waals surface area contributed by atoms with E-state index in [1.54, 1.807) is 12.1 Å². The Balaban J connectivity index is 1.82. The first-order valence-electron chi connectivity index (χ1n) is 6.49. The lowest BCUT2D eigenvalue weighted by Crippen LogP contribution is -2.23. The normalized spacial score (nSPS) is 10.4. The van der Waals surface area contributed by atoms with Crippen LogP contribution >= 0.6 is 0 Å². The summed E-state index contributed by atoms with van der Waals surface area (Å²) < 4.78 is 38.9. The fourth-order valence-electron chi connectivity index (χ4n) is 1.95. The summed E-state index contributed by atoms with van der Waals surface area (Å²) in [6.07, 6.45) is 0.586. The van der Waals surface area contributed by atoms with Crippen molar-refractivity contribution in [3.05, 3.63) is 71.0 Å². The van der Waals surface area contributed by atoms with Crippen molar-refractivity contribution in [3.8, 4) is 0 Å². The van der Waals surface area contributed by atoms with Gasteiger partial charge in [0.15, 0.2) is 0 Å². The summed E-state index contributed by atoms with van der Waals surface area (Å²) in [5.41, 5.74) is 1.08. The molecule has 0 saturated carbocycles. The summed E-state index contributed by atoms with van der Waals surface area (Å²) in [6.45, 7) is 0.0522. The molecule has 0 atom stereocenters. The van der Waals surface area contributed by atoms with Crippen LogP contribution in [0.3, 0.4) is 0 Å². The predicted molar refractivity (Wildman–Crippen MR) is 72.9 cm³/mol. The van der Waals surface area contributed by atoms with Gasteiger partial charge in [0.1, 0.15) is 17.5 Å². The molecule has 1 amide bonds. The van der Waals surface area contributed by atoms with Gasteiger partial charge in [-0.25, -0.2) is 13.2 Å². The second-order valence-corrected chi connectivity index (χ2v) is 4.68. The molecule has 0 unspecified atom stereocenters. The van der Waals surface area contributed by atoms with E-state index >= 15 is 0 Å². The van der Waals surface area contributed by atoms with Gasteiger partial charge in [-0.05, 0) is 41.8 Å². The highest BCUT2D eigenvalue weighted by Gasteiger charge is 2.05. The Bertz CT molecular complexity index is 623. The summed E-state index contributed by atoms with van der Waals surface area (Å²) in [5.74, 6) is -1.97. The molecule has 0 radical (unpaired) electrons. The van der Waals surface area contributed by atoms with Gasteiger partial charge in [-0.1, -0.05) is 12.1 Å². The third-order valence-corrected chi connectivity index (χ3v) is 2.94. The van der Waals surface area contributed by atoms with Gasteiger partial charge < -0.3 is 5.32 Å². The van der Waals surface area contributed by atoms with E-state index in [0.717, 1.165) is 23.8 Å². The van der Waals surface area contributed by atoms with Gasteiger partial charge in [-0.2, -0.15) is 0 Å². The first kappa shape index (κ1) is 15.1. The monoisotopic (exact) mass is 293 g/mol. The smallest absolute Gasteiger partial charge is 0.220 e. The first-order valence-corrected chi connectivity index (χ1v) is 6.49. The van der Waals surface area contributed by atoms with E-state index in [1.807, 2.05) is 0 Å². The highest BCUT2D eigenvalue weighted by atomic mass is 19.1. The van der Waals surface area contributed by atoms with Crippen LogP contribution in [0.1, 0.15) is 17.5 Å². The quantitative estimate of drug-likeness (QED) is 0.900. The molecule has 2 rings (SSSR count). The Morgan fingerprint density at radius 3 is 2.24 bits per heavy atom. The zero-order chi connectivity index (χ0) is 15.2. The molecular formula is C16H14F3NO. The van der Waals surface area contributed by atoms with Crippen LogP contribution in [0.2, 0.25) is 0 Å². The van der Waals surface area contributed by atoms with Crippen LogP contribution in [0.4, 0.5) is 13.2 Å². The van der Waals surface area contributed by atoms with Crippen LogP contribution in [0.5, 0.6) is 0 Å². The van der Waals surface area contributed by atoms with Gasteiger partial charge in [0.05, 0.1) is 0 Å². The molecule has 2 aromatic rings. The van der Waals surface area contributed by atoms with Gasteiger partial charge in [0, 0.05) is 19.0 Å². The zero-order valence-electron chi connectivity index (χ0n) is 11.2. The van der Waals surface area contributed by atoms with Gasteiger partial charge in [0.25, 0.3) is 0 Å². The van der Waals surface area contributed by atoms with Crippen LogP contribution < -0.4 is 5.32 Å². The maximum Gasteiger partial charge on any atom is 0.220 e. The van der Waals surface area contributed by atoms with Crippen molar-refractivity contribution in [1.82, 2.24) is 5.32 Å². The number of carbonyl (C=O) groups is 1. The highest BCUT2D eigenvalue weighted by molar-refractivity contribution is 5.76. The predicted octanol–water partition coefficient (Wildman–Crippen LogP) is 3.35. The van der Waals surface area contributed by atoms with Gasteiger partial charge in [-0.3, -0.25) is 4.79 Å². The lowest BCUT2D eigenvalue weighted by molar-refractivity contribution is -0.121. The van der Waals surface area contributed by atoms with Gasteiger partial charge in [-0.15, -0.1) is 0 Å². The van der Waals surface area contributed by atoms with Crippen molar-refractivity contribution in [3.63, 3.8) is 0 Å². The Labute approximate surface area is 120 Å². The van der Waals surface area contributed by atoms with Gasteiger partial charge >= 0.3 is 0 Å². The van der Waals surface area contributed by atoms with E-state index < -0.39 is 11.6 Å². The molecule has 0 aliphatic heterocycles. The minimum Gasteiger partial charge on any atom is -0.352 e. The number of hydrogen-bond acceptors (Lipinski definition) is 1. The summed E-state index contributed by atoms with van der Waals surface area (Å²) in [5, 5.41) is 2.57. The summed E-state index contributed by atoms with van der Waals surface area (Å²) in [6, 6.07) is 9.12. The molecule has 2 nitrogen and oxygen atoms in total. The summed E-state index contributed by atoms with van der Waals surface area (Å²) in [4.78, 5) is 11.7. The van der Waals surface area contributed by atoms with E-state index in [2.05, 4.69) is 5.32 Å². The van der Waals surface area contributed by atoms with Crippen LogP contribution in [0, 0.1) is 17.5 Å². The van der Waals surface area contributed by atoms with Crippen molar-refractivity contribution >= 4 is 5.91 Å². The van der Waals surface area contributed by atoms with Crippen molar-refractivity contribution in [2.75, 3.05) is 0 Å². The molecule has 0 spiro atoms. The third kappa shape index (κ3) is 4.95. The molecule has 0 aliphatic carbocycles. The molecule has 0 fully saturated rings. The van der Waals surface area contributed by atoms with E-state index in [-0.39, 0.29) is 24.7 Å². The first-order chi connectivity index (χ1) is 10.0. The second kappa shape index (κ2) is 6.92. The summed E-state index contributed by atoms with van der Waals surface area (Å²) in [7, 11) is 0. The number of amides is 1. The number of hydrogen-bond donors (Lipinski definition) is 1.